The zero-order valence-corrected chi connectivity index (χ0v) is 13.0. The predicted molar refractivity (Wildman–Crippen MR) is 84.2 cm³/mol. The molecule has 126 valence electrons. The lowest BCUT2D eigenvalue weighted by molar-refractivity contribution is 0.112. The highest BCUT2D eigenvalue weighted by atomic mass is 19.1. The first-order chi connectivity index (χ1) is 12.2. The van der Waals surface area contributed by atoms with Crippen LogP contribution in [0.5, 0.6) is 0 Å². The van der Waals surface area contributed by atoms with E-state index in [0.717, 1.165) is 18.6 Å². The number of nitrogens with zero attached hydrogens (tertiary/aromatic N) is 5. The molecular formula is C17H13F2N5O. The average molecular weight is 341 g/mol. The van der Waals surface area contributed by atoms with Crippen LogP contribution in [0.15, 0.2) is 30.7 Å². The second-order valence-corrected chi connectivity index (χ2v) is 6.56. The molecule has 8 heteroatoms. The van der Waals surface area contributed by atoms with Crippen LogP contribution in [0.3, 0.4) is 0 Å². The number of aromatic nitrogens is 4. The standard InChI is InChI=1S/C17H13F2N5O/c18-11-1-2-14(19)13(4-11)15-12-3-9(12)6-23(15)17-20-8-24-16(22-17)10(7-25)5-21-24/h1-2,4-5,7-9,12,15H,3,6H2. The van der Waals surface area contributed by atoms with Crippen LogP contribution in [0, 0.1) is 23.5 Å². The SMILES string of the molecule is O=Cc1cnn2cnc(N3CC4CC4C3c3cc(F)ccc3F)nc12. The third kappa shape index (κ3) is 2.13. The second kappa shape index (κ2) is 5.05. The zero-order chi connectivity index (χ0) is 17.1. The highest BCUT2D eigenvalue weighted by Crippen LogP contribution is 2.57. The molecule has 1 saturated carbocycles. The lowest BCUT2D eigenvalue weighted by atomic mass is 10.0. The van der Waals surface area contributed by atoms with Crippen molar-refractivity contribution in [1.82, 2.24) is 19.6 Å². The number of carbonyl (C=O) groups excluding carboxylic acids is 1. The van der Waals surface area contributed by atoms with Crippen molar-refractivity contribution in [1.29, 1.82) is 0 Å². The van der Waals surface area contributed by atoms with Crippen LogP contribution in [0.1, 0.15) is 28.4 Å². The van der Waals surface area contributed by atoms with Crippen molar-refractivity contribution in [2.75, 3.05) is 11.4 Å². The lowest BCUT2D eigenvalue weighted by Gasteiger charge is -2.28. The van der Waals surface area contributed by atoms with Gasteiger partial charge in [0.05, 0.1) is 17.8 Å². The molecule has 0 spiro atoms. The monoisotopic (exact) mass is 341 g/mol. The molecule has 2 aliphatic rings. The Morgan fingerprint density at radius 3 is 3.00 bits per heavy atom. The highest BCUT2D eigenvalue weighted by Gasteiger charge is 2.54. The molecule has 3 unspecified atom stereocenters. The van der Waals surface area contributed by atoms with Crippen molar-refractivity contribution in [2.45, 2.75) is 12.5 Å². The van der Waals surface area contributed by atoms with E-state index in [1.54, 1.807) is 0 Å². The molecule has 6 nitrogen and oxygen atoms in total. The van der Waals surface area contributed by atoms with Crippen LogP contribution in [-0.4, -0.2) is 32.4 Å². The molecule has 5 rings (SSSR count). The van der Waals surface area contributed by atoms with Crippen molar-refractivity contribution in [3.8, 4) is 0 Å². The maximum absolute atomic E-state index is 14.3. The average Bonchev–Trinajstić information content (AvgIpc) is 3.11. The summed E-state index contributed by atoms with van der Waals surface area (Å²) in [7, 11) is 0. The number of rotatable bonds is 3. The molecule has 0 amide bonds. The summed E-state index contributed by atoms with van der Waals surface area (Å²) >= 11 is 0. The molecular weight excluding hydrogens is 328 g/mol. The first kappa shape index (κ1) is 14.4. The van der Waals surface area contributed by atoms with Crippen molar-refractivity contribution < 1.29 is 13.6 Å². The normalized spacial score (nSPS) is 24.6. The summed E-state index contributed by atoms with van der Waals surface area (Å²) in [6.07, 6.45) is 4.58. The molecule has 2 aromatic heterocycles. The summed E-state index contributed by atoms with van der Waals surface area (Å²) in [6.45, 7) is 0.687. The largest absolute Gasteiger partial charge is 0.333 e. The van der Waals surface area contributed by atoms with Crippen LogP contribution in [0.4, 0.5) is 14.7 Å². The minimum absolute atomic E-state index is 0.270. The van der Waals surface area contributed by atoms with Crippen LogP contribution in [0.2, 0.25) is 0 Å². The minimum atomic E-state index is -0.462. The lowest BCUT2D eigenvalue weighted by Crippen LogP contribution is -2.29. The van der Waals surface area contributed by atoms with E-state index in [-0.39, 0.29) is 12.0 Å². The predicted octanol–water partition coefficient (Wildman–Crippen LogP) is 2.41. The van der Waals surface area contributed by atoms with Gasteiger partial charge in [-0.3, -0.25) is 4.79 Å². The first-order valence-electron chi connectivity index (χ1n) is 8.03. The summed E-state index contributed by atoms with van der Waals surface area (Å²) in [4.78, 5) is 21.8. The molecule has 0 radical (unpaired) electrons. The highest BCUT2D eigenvalue weighted by molar-refractivity contribution is 5.83. The first-order valence-corrected chi connectivity index (χ1v) is 8.03. The van der Waals surface area contributed by atoms with E-state index in [9.17, 15) is 13.6 Å². The number of piperidine rings is 1. The van der Waals surface area contributed by atoms with Gasteiger partial charge in [-0.2, -0.15) is 10.1 Å². The summed E-state index contributed by atoms with van der Waals surface area (Å²) < 4.78 is 29.4. The maximum atomic E-state index is 14.3. The molecule has 0 bridgehead atoms. The Balaban J connectivity index is 1.61. The molecule has 3 aromatic rings. The number of halogens is 2. The Hall–Kier alpha value is -2.90. The zero-order valence-electron chi connectivity index (χ0n) is 13.0. The van der Waals surface area contributed by atoms with Crippen LogP contribution >= 0.6 is 0 Å². The van der Waals surface area contributed by atoms with Crippen LogP contribution < -0.4 is 4.90 Å². The van der Waals surface area contributed by atoms with E-state index >= 15 is 0 Å². The number of carbonyl (C=O) groups is 1. The topological polar surface area (TPSA) is 63.4 Å². The van der Waals surface area contributed by atoms with Crippen molar-refractivity contribution in [3.63, 3.8) is 0 Å². The van der Waals surface area contributed by atoms with Gasteiger partial charge in [0, 0.05) is 12.1 Å². The number of hydrogen-bond donors (Lipinski definition) is 0. The van der Waals surface area contributed by atoms with Crippen molar-refractivity contribution >= 4 is 17.9 Å². The summed E-state index contributed by atoms with van der Waals surface area (Å²) in [5.74, 6) is 0.213. The van der Waals surface area contributed by atoms with E-state index in [4.69, 9.17) is 0 Å². The van der Waals surface area contributed by atoms with Gasteiger partial charge in [0.2, 0.25) is 5.95 Å². The Morgan fingerprint density at radius 1 is 1.28 bits per heavy atom. The fourth-order valence-electron chi connectivity index (χ4n) is 3.83. The molecule has 1 aliphatic heterocycles. The number of aldehydes is 1. The molecule has 2 fully saturated rings. The number of benzene rings is 1. The number of anilines is 1. The van der Waals surface area contributed by atoms with Crippen LogP contribution in [-0.2, 0) is 0 Å². The van der Waals surface area contributed by atoms with Gasteiger partial charge in [0.25, 0.3) is 0 Å². The number of fused-ring (bicyclic) bond motifs is 2. The van der Waals surface area contributed by atoms with E-state index in [1.165, 1.54) is 23.1 Å². The van der Waals surface area contributed by atoms with Gasteiger partial charge < -0.3 is 4.90 Å². The van der Waals surface area contributed by atoms with Gasteiger partial charge in [-0.25, -0.2) is 18.3 Å². The van der Waals surface area contributed by atoms with Crippen LogP contribution in [0.25, 0.3) is 5.65 Å². The third-order valence-corrected chi connectivity index (χ3v) is 5.10. The van der Waals surface area contributed by atoms with Gasteiger partial charge in [-0.15, -0.1) is 0 Å². The molecule has 3 atom stereocenters. The summed E-state index contributed by atoms with van der Waals surface area (Å²) in [6, 6.07) is 3.23. The van der Waals surface area contributed by atoms with E-state index < -0.39 is 11.6 Å². The Morgan fingerprint density at radius 2 is 2.16 bits per heavy atom. The quantitative estimate of drug-likeness (QED) is 0.685. The second-order valence-electron chi connectivity index (χ2n) is 6.56. The fraction of sp³-hybridized carbons (Fsp3) is 0.294. The van der Waals surface area contributed by atoms with Crippen molar-refractivity contribution in [2.24, 2.45) is 11.8 Å². The van der Waals surface area contributed by atoms with Gasteiger partial charge in [0.15, 0.2) is 11.9 Å². The maximum Gasteiger partial charge on any atom is 0.229 e. The van der Waals surface area contributed by atoms with E-state index in [2.05, 4.69) is 15.1 Å². The van der Waals surface area contributed by atoms with Gasteiger partial charge in [0.1, 0.15) is 18.0 Å². The van der Waals surface area contributed by atoms with Gasteiger partial charge >= 0.3 is 0 Å². The van der Waals surface area contributed by atoms with Crippen molar-refractivity contribution in [3.05, 3.63) is 53.5 Å². The van der Waals surface area contributed by atoms with E-state index in [0.29, 0.717) is 41.5 Å². The fourth-order valence-corrected chi connectivity index (χ4v) is 3.83. The molecule has 1 aromatic carbocycles. The third-order valence-electron chi connectivity index (χ3n) is 5.10. The molecule has 3 heterocycles. The molecule has 1 aliphatic carbocycles. The summed E-state index contributed by atoms with van der Waals surface area (Å²) in [5.41, 5.74) is 1.10. The number of hydrogen-bond acceptors (Lipinski definition) is 5. The molecule has 0 N–H and O–H groups in total. The minimum Gasteiger partial charge on any atom is -0.333 e. The Kier molecular flexibility index (Phi) is 2.92. The smallest absolute Gasteiger partial charge is 0.229 e. The summed E-state index contributed by atoms with van der Waals surface area (Å²) in [5, 5.41) is 4.02. The molecule has 25 heavy (non-hydrogen) atoms. The Bertz CT molecular complexity index is 1000. The van der Waals surface area contributed by atoms with Gasteiger partial charge in [-0.1, -0.05) is 0 Å². The Labute approximate surface area is 141 Å². The van der Waals surface area contributed by atoms with Gasteiger partial charge in [-0.05, 0) is 36.5 Å². The molecule has 1 saturated heterocycles. The van der Waals surface area contributed by atoms with E-state index in [1.807, 2.05) is 4.90 Å².